The lowest BCUT2D eigenvalue weighted by Crippen LogP contribution is -2.72. The largest absolute Gasteiger partial charge is 0.454 e. The van der Waals surface area contributed by atoms with E-state index >= 15 is 0 Å². The smallest absolute Gasteiger partial charge is 0.437 e. The predicted molar refractivity (Wildman–Crippen MR) is 90.1 cm³/mol. The Bertz CT molecular complexity index is 933. The number of amides is 2. The van der Waals surface area contributed by atoms with Crippen LogP contribution in [0.1, 0.15) is 21.3 Å². The highest BCUT2D eigenvalue weighted by atomic mass is 32.1. The molecule has 4 rings (SSSR count). The lowest BCUT2D eigenvalue weighted by molar-refractivity contribution is -0.287. The minimum atomic E-state index is -5.29. The zero-order valence-electron chi connectivity index (χ0n) is 13.9. The van der Waals surface area contributed by atoms with Crippen LogP contribution in [0.5, 0.6) is 11.5 Å². The number of carbonyl (C=O) groups is 2. The second-order valence-electron chi connectivity index (χ2n) is 6.27. The Morgan fingerprint density at radius 1 is 1.25 bits per heavy atom. The molecule has 1 aromatic heterocycles. The van der Waals surface area contributed by atoms with Crippen molar-refractivity contribution in [3.63, 3.8) is 0 Å². The van der Waals surface area contributed by atoms with Crippen molar-refractivity contribution < 1.29 is 37.3 Å². The number of urea groups is 1. The van der Waals surface area contributed by atoms with E-state index in [0.717, 1.165) is 11.3 Å². The summed E-state index contributed by atoms with van der Waals surface area (Å²) in [6.07, 6.45) is -5.29. The number of aliphatic hydroxyl groups is 1. The molecule has 2 aliphatic rings. The van der Waals surface area contributed by atoms with Crippen LogP contribution in [0.15, 0.2) is 35.7 Å². The fraction of sp³-hybridized carbons (Fsp3) is 0.294. The average molecular weight is 414 g/mol. The third-order valence-corrected chi connectivity index (χ3v) is 5.49. The molecule has 2 amide bonds. The fourth-order valence-corrected chi connectivity index (χ4v) is 4.00. The van der Waals surface area contributed by atoms with Gasteiger partial charge in [0.1, 0.15) is 5.92 Å². The topological polar surface area (TPSA) is 96.9 Å². The molecule has 28 heavy (non-hydrogen) atoms. The maximum absolute atomic E-state index is 13.8. The number of hydrogen-bond acceptors (Lipinski definition) is 6. The van der Waals surface area contributed by atoms with Gasteiger partial charge in [-0.2, -0.15) is 13.2 Å². The number of benzene rings is 1. The van der Waals surface area contributed by atoms with Gasteiger partial charge in [0.05, 0.1) is 10.9 Å². The molecule has 3 N–H and O–H groups in total. The van der Waals surface area contributed by atoms with Gasteiger partial charge in [-0.05, 0) is 29.1 Å². The number of halogens is 3. The van der Waals surface area contributed by atoms with E-state index < -0.39 is 35.7 Å². The number of hydrogen-bond donors (Lipinski definition) is 3. The van der Waals surface area contributed by atoms with E-state index in [1.807, 2.05) is 0 Å². The van der Waals surface area contributed by atoms with Crippen molar-refractivity contribution in [3.8, 4) is 11.5 Å². The van der Waals surface area contributed by atoms with Gasteiger partial charge in [-0.15, -0.1) is 11.3 Å². The van der Waals surface area contributed by atoms with E-state index in [-0.39, 0.29) is 23.0 Å². The Kier molecular flexibility index (Phi) is 4.23. The number of Topliss-reactive ketones (excluding diaryl/α,β-unsaturated/α-hetero) is 1. The third kappa shape index (κ3) is 2.87. The number of thiophene rings is 1. The van der Waals surface area contributed by atoms with Gasteiger partial charge < -0.3 is 25.2 Å². The lowest BCUT2D eigenvalue weighted by atomic mass is 9.78. The van der Waals surface area contributed by atoms with Gasteiger partial charge in [0, 0.05) is 0 Å². The maximum Gasteiger partial charge on any atom is 0.437 e. The third-order valence-electron chi connectivity index (χ3n) is 4.61. The Morgan fingerprint density at radius 2 is 2.00 bits per heavy atom. The molecule has 11 heteroatoms. The second kappa shape index (κ2) is 6.38. The van der Waals surface area contributed by atoms with E-state index in [1.165, 1.54) is 41.0 Å². The fourth-order valence-electron chi connectivity index (χ4n) is 3.30. The first-order valence-corrected chi connectivity index (χ1v) is 8.94. The number of rotatable bonds is 3. The van der Waals surface area contributed by atoms with Crippen LogP contribution >= 0.6 is 11.3 Å². The molecule has 0 aliphatic carbocycles. The van der Waals surface area contributed by atoms with Crippen LogP contribution in [-0.2, 0) is 0 Å². The number of nitrogens with one attached hydrogen (secondary N) is 2. The molecule has 148 valence electrons. The highest BCUT2D eigenvalue weighted by molar-refractivity contribution is 7.12. The summed E-state index contributed by atoms with van der Waals surface area (Å²) in [5.74, 6) is -2.37. The zero-order chi connectivity index (χ0) is 20.1. The van der Waals surface area contributed by atoms with Crippen LogP contribution < -0.4 is 20.1 Å². The quantitative estimate of drug-likeness (QED) is 0.671. The Labute approximate surface area is 160 Å². The van der Waals surface area contributed by atoms with E-state index in [9.17, 15) is 27.9 Å². The van der Waals surface area contributed by atoms with E-state index in [1.54, 1.807) is 0 Å². The molecule has 2 aromatic rings. The highest BCUT2D eigenvalue weighted by Crippen LogP contribution is 2.45. The monoisotopic (exact) mass is 414 g/mol. The molecule has 0 saturated carbocycles. The van der Waals surface area contributed by atoms with Gasteiger partial charge in [0.2, 0.25) is 12.5 Å². The van der Waals surface area contributed by atoms with Gasteiger partial charge in [0.15, 0.2) is 17.3 Å². The van der Waals surface area contributed by atoms with Gasteiger partial charge in [0.25, 0.3) is 0 Å². The normalized spacial score (nSPS) is 26.5. The molecule has 1 fully saturated rings. The van der Waals surface area contributed by atoms with Crippen LogP contribution in [0.3, 0.4) is 0 Å². The van der Waals surface area contributed by atoms with Gasteiger partial charge in [-0.1, -0.05) is 12.1 Å². The standard InChI is InChI=1S/C17H13F3N2O5S/c18-17(19,20)16(25)12(14(23)11-2-1-5-28-11)13(21-15(24)22-16)8-3-4-9-10(6-8)27-7-26-9/h1-6,12-13,25H,7H2,(H2,21,22,24)/t12-,13-,16-/m0/s1. The van der Waals surface area contributed by atoms with Gasteiger partial charge in [-0.3, -0.25) is 4.79 Å². The van der Waals surface area contributed by atoms with E-state index in [2.05, 4.69) is 5.32 Å². The first-order chi connectivity index (χ1) is 13.2. The molecule has 7 nitrogen and oxygen atoms in total. The Balaban J connectivity index is 1.84. The van der Waals surface area contributed by atoms with Crippen LogP contribution in [-0.4, -0.2) is 35.6 Å². The zero-order valence-corrected chi connectivity index (χ0v) is 14.8. The molecule has 3 atom stereocenters. The van der Waals surface area contributed by atoms with Gasteiger partial charge in [-0.25, -0.2) is 4.79 Å². The van der Waals surface area contributed by atoms with Gasteiger partial charge >= 0.3 is 12.2 Å². The molecule has 3 heterocycles. The molecule has 0 spiro atoms. The van der Waals surface area contributed by atoms with Crippen LogP contribution in [0.4, 0.5) is 18.0 Å². The number of alkyl halides is 3. The number of ketones is 1. The molecule has 0 bridgehead atoms. The molecule has 0 unspecified atom stereocenters. The summed E-state index contributed by atoms with van der Waals surface area (Å²) in [5, 5.41) is 15.8. The van der Waals surface area contributed by atoms with Crippen molar-refractivity contribution in [2.75, 3.05) is 6.79 Å². The summed E-state index contributed by atoms with van der Waals surface area (Å²) in [7, 11) is 0. The minimum absolute atomic E-state index is 0.0244. The summed E-state index contributed by atoms with van der Waals surface area (Å²) in [5.41, 5.74) is -3.59. The predicted octanol–water partition coefficient (Wildman–Crippen LogP) is 2.58. The Hall–Kier alpha value is -2.79. The molecular weight excluding hydrogens is 401 g/mol. The molecule has 1 saturated heterocycles. The van der Waals surface area contributed by atoms with Crippen LogP contribution in [0, 0.1) is 5.92 Å². The Morgan fingerprint density at radius 3 is 2.68 bits per heavy atom. The number of ether oxygens (including phenoxy) is 2. The molecular formula is C17H13F3N2O5S. The van der Waals surface area contributed by atoms with Crippen molar-refractivity contribution in [3.05, 3.63) is 46.2 Å². The maximum atomic E-state index is 13.8. The lowest BCUT2D eigenvalue weighted by Gasteiger charge is -2.44. The SMILES string of the molecule is O=C1N[C@@H](c2ccc3c(c2)OCO3)[C@@H](C(=O)c2cccs2)[C@](O)(C(F)(F)F)N1. The molecule has 2 aliphatic heterocycles. The van der Waals surface area contributed by atoms with Crippen molar-refractivity contribution in [2.24, 2.45) is 5.92 Å². The van der Waals surface area contributed by atoms with Crippen LogP contribution in [0.2, 0.25) is 0 Å². The molecule has 1 aromatic carbocycles. The number of carbonyl (C=O) groups excluding carboxylic acids is 2. The first kappa shape index (κ1) is 18.6. The first-order valence-electron chi connectivity index (χ1n) is 8.06. The minimum Gasteiger partial charge on any atom is -0.454 e. The van der Waals surface area contributed by atoms with Crippen molar-refractivity contribution in [1.29, 1.82) is 0 Å². The van der Waals surface area contributed by atoms with E-state index in [4.69, 9.17) is 9.47 Å². The second-order valence-corrected chi connectivity index (χ2v) is 7.22. The average Bonchev–Trinajstić information content (AvgIpc) is 3.30. The van der Waals surface area contributed by atoms with Crippen LogP contribution in [0.25, 0.3) is 0 Å². The summed E-state index contributed by atoms with van der Waals surface area (Å²) in [4.78, 5) is 24.9. The summed E-state index contributed by atoms with van der Waals surface area (Å²) >= 11 is 0.941. The van der Waals surface area contributed by atoms with Crippen molar-refractivity contribution >= 4 is 23.2 Å². The summed E-state index contributed by atoms with van der Waals surface area (Å²) in [6, 6.07) is 4.42. The highest BCUT2D eigenvalue weighted by Gasteiger charge is 2.66. The van der Waals surface area contributed by atoms with E-state index in [0.29, 0.717) is 5.75 Å². The summed E-state index contributed by atoms with van der Waals surface area (Å²) in [6.45, 7) is -0.0542. The summed E-state index contributed by atoms with van der Waals surface area (Å²) < 4.78 is 51.7. The van der Waals surface area contributed by atoms with Crippen molar-refractivity contribution in [1.82, 2.24) is 10.6 Å². The number of fused-ring (bicyclic) bond motifs is 1. The molecule has 0 radical (unpaired) electrons. The van der Waals surface area contributed by atoms with Crippen molar-refractivity contribution in [2.45, 2.75) is 17.9 Å².